The largest absolute Gasteiger partial charge is 0.276 e. The molecule has 0 atom stereocenters. The Balaban J connectivity index is -0.0000000213. The van der Waals surface area contributed by atoms with Crippen LogP contribution in [-0.4, -0.2) is 49.3 Å². The van der Waals surface area contributed by atoms with Crippen molar-refractivity contribution >= 4 is 49.3 Å². The summed E-state index contributed by atoms with van der Waals surface area (Å²) in [6.07, 6.45) is 0. The topological polar surface area (TPSA) is 24.7 Å². The van der Waals surface area contributed by atoms with Crippen LogP contribution in [0.3, 0.4) is 0 Å². The predicted molar refractivity (Wildman–Crippen MR) is 90.7 cm³/mol. The second-order valence-electron chi connectivity index (χ2n) is 2.09. The van der Waals surface area contributed by atoms with Gasteiger partial charge in [-0.25, -0.2) is 0 Å². The molecule has 0 fully saturated rings. The fourth-order valence-corrected chi connectivity index (χ4v) is 4.58. The van der Waals surface area contributed by atoms with E-state index in [4.69, 9.17) is 0 Å². The van der Waals surface area contributed by atoms with Crippen LogP contribution < -0.4 is 0 Å². The SMILES string of the molecule is C.C.C.C.C.C.CN=P[C]([AlH2])([AlH2-])P=NC. The van der Waals surface area contributed by atoms with E-state index in [-0.39, 0.29) is 44.6 Å². The van der Waals surface area contributed by atoms with Gasteiger partial charge in [-0.15, -0.1) is 2.62 Å². The van der Waals surface area contributed by atoms with Crippen LogP contribution in [0.1, 0.15) is 44.6 Å². The Morgan fingerprint density at radius 1 is 0.867 bits per heavy atom. The van der Waals surface area contributed by atoms with Crippen LogP contribution in [0.25, 0.3) is 0 Å². The summed E-state index contributed by atoms with van der Waals surface area (Å²) in [5, 5.41) is 0. The van der Waals surface area contributed by atoms with Gasteiger partial charge in [-0.1, -0.05) is 60.9 Å². The van der Waals surface area contributed by atoms with Gasteiger partial charge in [0.1, 0.15) is 0 Å². The minimum absolute atomic E-state index is 0. The highest BCUT2D eigenvalue weighted by Gasteiger charge is 2.02. The molecular formula is C9H34Al2N2P2-. The van der Waals surface area contributed by atoms with Crippen molar-refractivity contribution < 1.29 is 0 Å². The molecule has 0 unspecified atom stereocenters. The van der Waals surface area contributed by atoms with Gasteiger partial charge in [0.25, 0.3) is 0 Å². The third-order valence-corrected chi connectivity index (χ3v) is 5.00. The minimum Gasteiger partial charge on any atom is -0.276 e. The molecule has 1 radical (unpaired) electrons. The Kier molecular flexibility index (Phi) is 72.1. The molecule has 0 aromatic rings. The normalized spacial score (nSPS) is 11.4. The van der Waals surface area contributed by atoms with Crippen LogP contribution in [0.15, 0.2) is 9.49 Å². The highest BCUT2D eigenvalue weighted by molar-refractivity contribution is 7.56. The Bertz CT molecular complexity index is 126. The van der Waals surface area contributed by atoms with Crippen LogP contribution in [0.2, 0.25) is 0 Å². The van der Waals surface area contributed by atoms with Gasteiger partial charge in [0.05, 0.1) is 0 Å². The molecule has 0 amide bonds. The summed E-state index contributed by atoms with van der Waals surface area (Å²) < 4.78 is 8.69. The van der Waals surface area contributed by atoms with Gasteiger partial charge in [-0.2, -0.15) is 0 Å². The quantitative estimate of drug-likeness (QED) is 0.537. The summed E-state index contributed by atoms with van der Waals surface area (Å²) in [4.78, 5) is 0. The van der Waals surface area contributed by atoms with E-state index in [0.29, 0.717) is 2.62 Å². The van der Waals surface area contributed by atoms with Crippen LogP contribution in [0, 0.1) is 0 Å². The lowest BCUT2D eigenvalue weighted by molar-refractivity contribution is 1.47. The minimum atomic E-state index is 0. The summed E-state index contributed by atoms with van der Waals surface area (Å²) >= 11 is 2.43. The van der Waals surface area contributed by atoms with Crippen LogP contribution >= 0.6 is 16.7 Å². The third-order valence-electron chi connectivity index (χ3n) is 0.689. The Hall–Kier alpha value is 1.26. The van der Waals surface area contributed by atoms with E-state index in [9.17, 15) is 0 Å². The molecule has 0 bridgehead atoms. The Morgan fingerprint density at radius 3 is 1.20 bits per heavy atom. The Labute approximate surface area is 120 Å². The lowest BCUT2D eigenvalue weighted by Crippen LogP contribution is -2.11. The van der Waals surface area contributed by atoms with Crippen molar-refractivity contribution in [3.63, 3.8) is 0 Å². The predicted octanol–water partition coefficient (Wildman–Crippen LogP) is 4.20. The van der Waals surface area contributed by atoms with Crippen LogP contribution in [0.4, 0.5) is 0 Å². The van der Waals surface area contributed by atoms with Crippen molar-refractivity contribution in [2.24, 2.45) is 9.49 Å². The zero-order valence-electron chi connectivity index (χ0n) is 6.29. The van der Waals surface area contributed by atoms with Crippen LogP contribution in [0.5, 0.6) is 0 Å². The molecule has 0 aromatic heterocycles. The summed E-state index contributed by atoms with van der Waals surface area (Å²) in [5.74, 6) is 0. The molecule has 0 aliphatic heterocycles. The highest BCUT2D eigenvalue weighted by Crippen LogP contribution is 2.30. The number of hydrogen-bond donors (Lipinski definition) is 0. The van der Waals surface area contributed by atoms with Gasteiger partial charge in [0, 0.05) is 14.1 Å². The molecule has 0 spiro atoms. The molecule has 0 aliphatic carbocycles. The van der Waals surface area contributed by atoms with E-state index < -0.39 is 0 Å². The smallest absolute Gasteiger partial charge is 0.189 e. The molecule has 0 aliphatic rings. The second-order valence-corrected chi connectivity index (χ2v) is 15.2. The van der Waals surface area contributed by atoms with Gasteiger partial charge in [-0.05, 0) is 16.7 Å². The van der Waals surface area contributed by atoms with E-state index in [1.807, 2.05) is 14.1 Å². The van der Waals surface area contributed by atoms with Gasteiger partial charge < -0.3 is 0 Å². The first-order valence-corrected chi connectivity index (χ1v) is 6.44. The molecule has 0 rings (SSSR count). The summed E-state index contributed by atoms with van der Waals surface area (Å²) in [6.45, 7) is 0. The molecular weight excluding hydrogens is 252 g/mol. The van der Waals surface area contributed by atoms with E-state index in [0.717, 1.165) is 0 Å². The number of rotatable bonds is 2. The van der Waals surface area contributed by atoms with Crippen molar-refractivity contribution in [3.05, 3.63) is 0 Å². The zero-order valence-corrected chi connectivity index (χ0v) is 12.1. The number of hydrogen-bond acceptors (Lipinski definition) is 2. The standard InChI is InChI=1S/C3H6N2P2.6CH4.2Al.4H/c1-4-6-3-7-5-2;;;;;;;;;;;;/h1-2H3;6*1H4;;;;;;/q;;;;;;;;-1;;;;. The van der Waals surface area contributed by atoms with Gasteiger partial charge >= 0.3 is 0 Å². The maximum absolute atomic E-state index is 4.10. The average molecular weight is 286 g/mol. The molecule has 97 valence electrons. The second kappa shape index (κ2) is 24.5. The van der Waals surface area contributed by atoms with E-state index in [1.165, 1.54) is 49.3 Å². The average Bonchev–Trinajstić information content (AvgIpc) is 1.64. The first kappa shape index (κ1) is 44.2. The third kappa shape index (κ3) is 31.3. The van der Waals surface area contributed by atoms with Gasteiger partial charge in [-0.3, -0.25) is 9.49 Å². The highest BCUT2D eigenvalue weighted by atomic mass is 31.1. The molecule has 0 N–H and O–H groups in total. The van der Waals surface area contributed by atoms with Crippen molar-refractivity contribution in [2.45, 2.75) is 47.2 Å². The first-order valence-electron chi connectivity index (χ1n) is 2.74. The van der Waals surface area contributed by atoms with Crippen molar-refractivity contribution in [2.75, 3.05) is 14.1 Å². The zero-order chi connectivity index (χ0) is 7.33. The van der Waals surface area contributed by atoms with Gasteiger partial charge in [0.15, 0.2) is 16.3 Å². The summed E-state index contributed by atoms with van der Waals surface area (Å²) in [7, 11) is 6.24. The van der Waals surface area contributed by atoms with Crippen molar-refractivity contribution in [3.8, 4) is 0 Å². The Morgan fingerprint density at radius 2 is 1.07 bits per heavy atom. The lowest BCUT2D eigenvalue weighted by atomic mass is 11.6. The molecule has 0 saturated heterocycles. The molecule has 0 saturated carbocycles. The van der Waals surface area contributed by atoms with E-state index >= 15 is 0 Å². The van der Waals surface area contributed by atoms with E-state index in [2.05, 4.69) is 9.49 Å². The van der Waals surface area contributed by atoms with Crippen LogP contribution in [-0.2, 0) is 0 Å². The lowest BCUT2D eigenvalue weighted by Gasteiger charge is -2.16. The fraction of sp³-hybridized carbons (Fsp3) is 1.00. The molecule has 0 heterocycles. The molecule has 6 heteroatoms. The van der Waals surface area contributed by atoms with Crippen molar-refractivity contribution in [1.82, 2.24) is 0 Å². The van der Waals surface area contributed by atoms with Gasteiger partial charge in [0.2, 0.25) is 0 Å². The molecule has 15 heavy (non-hydrogen) atoms. The molecule has 2 nitrogen and oxygen atoms in total. The van der Waals surface area contributed by atoms with Crippen molar-refractivity contribution in [1.29, 1.82) is 0 Å². The first-order chi connectivity index (χ1) is 4.12. The van der Waals surface area contributed by atoms with E-state index in [1.54, 1.807) is 0 Å². The maximum atomic E-state index is 4.10. The molecule has 0 aromatic carbocycles. The monoisotopic (exact) mass is 286 g/mol. The fourth-order valence-electron chi connectivity index (χ4n) is 0.509. The maximum Gasteiger partial charge on any atom is 0.189 e. The summed E-state index contributed by atoms with van der Waals surface area (Å²) in [5.41, 5.74) is 0. The summed E-state index contributed by atoms with van der Waals surface area (Å²) in [6, 6.07) is 0. The number of nitrogens with zero attached hydrogens (tertiary/aromatic N) is 2.